The molecule has 4 heteroatoms. The summed E-state index contributed by atoms with van der Waals surface area (Å²) in [6, 6.07) is 5.96. The third-order valence-corrected chi connectivity index (χ3v) is 3.08. The number of fused-ring (bicyclic) bond motifs is 1. The molecule has 0 atom stereocenters. The van der Waals surface area contributed by atoms with Crippen LogP contribution in [0.4, 0.5) is 0 Å². The minimum Gasteiger partial charge on any atom is -0.350 e. The van der Waals surface area contributed by atoms with Crippen LogP contribution in [-0.2, 0) is 7.05 Å². The smallest absolute Gasteiger partial charge is 0.255 e. The van der Waals surface area contributed by atoms with E-state index < -0.39 is 0 Å². The van der Waals surface area contributed by atoms with E-state index in [9.17, 15) is 4.79 Å². The first kappa shape index (κ1) is 11.2. The fourth-order valence-corrected chi connectivity index (χ4v) is 2.14. The number of benzene rings is 1. The Balaban J connectivity index is 2.71. The van der Waals surface area contributed by atoms with Gasteiger partial charge in [-0.3, -0.25) is 4.79 Å². The number of nitrogens with zero attached hydrogens (tertiary/aromatic N) is 2. The van der Waals surface area contributed by atoms with E-state index in [4.69, 9.17) is 0 Å². The van der Waals surface area contributed by atoms with Gasteiger partial charge < -0.3 is 9.47 Å². The molecule has 0 saturated carbocycles. The van der Waals surface area contributed by atoms with Crippen LogP contribution >= 0.6 is 15.9 Å². The van der Waals surface area contributed by atoms with E-state index >= 15 is 0 Å². The van der Waals surface area contributed by atoms with Crippen molar-refractivity contribution >= 4 is 32.7 Å². The minimum atomic E-state index is 0.0312. The van der Waals surface area contributed by atoms with Crippen LogP contribution in [0.25, 0.3) is 10.9 Å². The zero-order valence-electron chi connectivity index (χ0n) is 9.49. The third kappa shape index (κ3) is 1.73. The Kier molecular flexibility index (Phi) is 2.76. The normalized spacial score (nSPS) is 10.8. The number of aromatic nitrogens is 1. The van der Waals surface area contributed by atoms with Gasteiger partial charge in [0.05, 0.1) is 5.56 Å². The van der Waals surface area contributed by atoms with Crippen molar-refractivity contribution in [2.45, 2.75) is 0 Å². The number of halogens is 1. The Hall–Kier alpha value is -1.29. The molecule has 16 heavy (non-hydrogen) atoms. The molecule has 0 saturated heterocycles. The number of aryl methyl sites for hydroxylation is 1. The van der Waals surface area contributed by atoms with Gasteiger partial charge in [0.1, 0.15) is 0 Å². The van der Waals surface area contributed by atoms with Crippen molar-refractivity contribution < 1.29 is 4.79 Å². The second-order valence-electron chi connectivity index (χ2n) is 4.01. The monoisotopic (exact) mass is 280 g/mol. The summed E-state index contributed by atoms with van der Waals surface area (Å²) in [5.41, 5.74) is 1.80. The molecule has 1 aromatic carbocycles. The summed E-state index contributed by atoms with van der Waals surface area (Å²) < 4.78 is 2.96. The van der Waals surface area contributed by atoms with E-state index in [0.29, 0.717) is 0 Å². The molecule has 1 aromatic heterocycles. The first-order valence-corrected chi connectivity index (χ1v) is 5.76. The van der Waals surface area contributed by atoms with Gasteiger partial charge in [-0.2, -0.15) is 0 Å². The molecule has 0 aliphatic heterocycles. The number of hydrogen-bond acceptors (Lipinski definition) is 1. The van der Waals surface area contributed by atoms with Crippen LogP contribution < -0.4 is 0 Å². The average Bonchev–Trinajstić information content (AvgIpc) is 2.54. The van der Waals surface area contributed by atoms with Gasteiger partial charge >= 0.3 is 0 Å². The van der Waals surface area contributed by atoms with E-state index in [-0.39, 0.29) is 5.91 Å². The molecule has 0 fully saturated rings. The van der Waals surface area contributed by atoms with Crippen molar-refractivity contribution in [2.75, 3.05) is 14.1 Å². The van der Waals surface area contributed by atoms with Crippen LogP contribution in [0.15, 0.2) is 28.9 Å². The molecule has 2 rings (SSSR count). The summed E-state index contributed by atoms with van der Waals surface area (Å²) in [5.74, 6) is 0.0312. The Labute approximate surface area is 103 Å². The fraction of sp³-hybridized carbons (Fsp3) is 0.250. The molecular weight excluding hydrogens is 268 g/mol. The first-order valence-electron chi connectivity index (χ1n) is 4.97. The Morgan fingerprint density at radius 3 is 2.69 bits per heavy atom. The maximum Gasteiger partial charge on any atom is 0.255 e. The van der Waals surface area contributed by atoms with E-state index in [0.717, 1.165) is 20.9 Å². The SMILES string of the molecule is CN(C)C(=O)c1cn(C)c2ccc(Br)cc12. The van der Waals surface area contributed by atoms with E-state index in [1.54, 1.807) is 19.0 Å². The van der Waals surface area contributed by atoms with Crippen LogP contribution in [0.5, 0.6) is 0 Å². The molecule has 0 aliphatic rings. The highest BCUT2D eigenvalue weighted by Crippen LogP contribution is 2.25. The molecule has 2 aromatic rings. The minimum absolute atomic E-state index is 0.0312. The third-order valence-electron chi connectivity index (χ3n) is 2.59. The average molecular weight is 281 g/mol. The lowest BCUT2D eigenvalue weighted by molar-refractivity contribution is 0.0829. The van der Waals surface area contributed by atoms with Crippen LogP contribution in [0.1, 0.15) is 10.4 Å². The molecule has 0 N–H and O–H groups in total. The molecule has 0 bridgehead atoms. The molecule has 1 amide bonds. The first-order chi connectivity index (χ1) is 7.50. The van der Waals surface area contributed by atoms with Gasteiger partial charge in [0.2, 0.25) is 0 Å². The second-order valence-corrected chi connectivity index (χ2v) is 4.93. The van der Waals surface area contributed by atoms with Crippen molar-refractivity contribution in [1.82, 2.24) is 9.47 Å². The largest absolute Gasteiger partial charge is 0.350 e. The fourth-order valence-electron chi connectivity index (χ4n) is 1.78. The van der Waals surface area contributed by atoms with Crippen LogP contribution in [0, 0.1) is 0 Å². The molecular formula is C12H13BrN2O. The van der Waals surface area contributed by atoms with E-state index in [2.05, 4.69) is 15.9 Å². The maximum atomic E-state index is 12.0. The van der Waals surface area contributed by atoms with Gasteiger partial charge in [-0.1, -0.05) is 15.9 Å². The number of rotatable bonds is 1. The van der Waals surface area contributed by atoms with Gasteiger partial charge in [-0.05, 0) is 18.2 Å². The van der Waals surface area contributed by atoms with Crippen molar-refractivity contribution in [2.24, 2.45) is 7.05 Å². The predicted octanol–water partition coefficient (Wildman–Crippen LogP) is 2.64. The quantitative estimate of drug-likeness (QED) is 0.789. The Morgan fingerprint density at radius 1 is 1.38 bits per heavy atom. The maximum absolute atomic E-state index is 12.0. The summed E-state index contributed by atoms with van der Waals surface area (Å²) in [5, 5.41) is 0.982. The molecule has 1 heterocycles. The van der Waals surface area contributed by atoms with Gasteiger partial charge in [0.15, 0.2) is 0 Å². The van der Waals surface area contributed by atoms with Crippen molar-refractivity contribution in [1.29, 1.82) is 0 Å². The van der Waals surface area contributed by atoms with Gasteiger partial charge in [0, 0.05) is 42.7 Å². The summed E-state index contributed by atoms with van der Waals surface area (Å²) in [4.78, 5) is 13.6. The zero-order valence-corrected chi connectivity index (χ0v) is 11.1. The van der Waals surface area contributed by atoms with Crippen LogP contribution in [0.3, 0.4) is 0 Å². The lowest BCUT2D eigenvalue weighted by Crippen LogP contribution is -2.21. The Morgan fingerprint density at radius 2 is 2.06 bits per heavy atom. The van der Waals surface area contributed by atoms with Gasteiger partial charge in [0.25, 0.3) is 5.91 Å². The van der Waals surface area contributed by atoms with Gasteiger partial charge in [-0.25, -0.2) is 0 Å². The summed E-state index contributed by atoms with van der Waals surface area (Å²) in [6.07, 6.45) is 1.87. The number of carbonyl (C=O) groups excluding carboxylic acids is 1. The molecule has 0 unspecified atom stereocenters. The zero-order chi connectivity index (χ0) is 11.9. The van der Waals surface area contributed by atoms with Crippen LogP contribution in [-0.4, -0.2) is 29.5 Å². The lowest BCUT2D eigenvalue weighted by Gasteiger charge is -2.08. The topological polar surface area (TPSA) is 25.2 Å². The number of hydrogen-bond donors (Lipinski definition) is 0. The highest BCUT2D eigenvalue weighted by atomic mass is 79.9. The second kappa shape index (κ2) is 3.94. The van der Waals surface area contributed by atoms with Gasteiger partial charge in [-0.15, -0.1) is 0 Å². The van der Waals surface area contributed by atoms with E-state index in [1.807, 2.05) is 36.0 Å². The van der Waals surface area contributed by atoms with E-state index in [1.165, 1.54) is 0 Å². The summed E-state index contributed by atoms with van der Waals surface area (Å²) >= 11 is 3.43. The molecule has 0 radical (unpaired) electrons. The van der Waals surface area contributed by atoms with Crippen molar-refractivity contribution in [3.05, 3.63) is 34.4 Å². The molecule has 3 nitrogen and oxygen atoms in total. The standard InChI is InChI=1S/C12H13BrN2O/c1-14(2)12(16)10-7-15(3)11-5-4-8(13)6-9(10)11/h4-7H,1-3H3. The summed E-state index contributed by atoms with van der Waals surface area (Å²) in [6.45, 7) is 0. The predicted molar refractivity (Wildman–Crippen MR) is 68.6 cm³/mol. The molecule has 0 spiro atoms. The molecule has 0 aliphatic carbocycles. The number of amides is 1. The summed E-state index contributed by atoms with van der Waals surface area (Å²) in [7, 11) is 5.47. The van der Waals surface area contributed by atoms with Crippen molar-refractivity contribution in [3.63, 3.8) is 0 Å². The van der Waals surface area contributed by atoms with Crippen molar-refractivity contribution in [3.8, 4) is 0 Å². The molecule has 84 valence electrons. The number of carbonyl (C=O) groups is 1. The lowest BCUT2D eigenvalue weighted by atomic mass is 10.1. The Bertz CT molecular complexity index is 557. The highest BCUT2D eigenvalue weighted by Gasteiger charge is 2.15. The highest BCUT2D eigenvalue weighted by molar-refractivity contribution is 9.10. The van der Waals surface area contributed by atoms with Crippen LogP contribution in [0.2, 0.25) is 0 Å².